The van der Waals surface area contributed by atoms with Crippen molar-refractivity contribution in [3.05, 3.63) is 59.7 Å². The molecule has 0 aliphatic carbocycles. The van der Waals surface area contributed by atoms with Crippen LogP contribution in [0.3, 0.4) is 0 Å². The third-order valence-electron chi connectivity index (χ3n) is 3.89. The van der Waals surface area contributed by atoms with Crippen molar-refractivity contribution in [2.24, 2.45) is 0 Å². The van der Waals surface area contributed by atoms with Crippen molar-refractivity contribution in [1.29, 1.82) is 0 Å². The minimum atomic E-state index is -0.410. The normalized spacial score (nSPS) is 13.0. The van der Waals surface area contributed by atoms with E-state index < -0.39 is 12.1 Å². The second-order valence-electron chi connectivity index (χ2n) is 5.38. The first-order chi connectivity index (χ1) is 11.6. The Bertz CT molecular complexity index is 672. The van der Waals surface area contributed by atoms with E-state index in [-0.39, 0.29) is 6.04 Å². The summed E-state index contributed by atoms with van der Waals surface area (Å²) in [6.45, 7) is 1.97. The molecule has 0 saturated carbocycles. The molecule has 5 heteroatoms. The highest BCUT2D eigenvalue weighted by Gasteiger charge is 2.23. The molecule has 0 bridgehead atoms. The fraction of sp³-hybridized carbons (Fsp3) is 0.316. The van der Waals surface area contributed by atoms with Gasteiger partial charge in [-0.3, -0.25) is 0 Å². The number of carbonyl (C=O) groups is 1. The number of nitrogens with one attached hydrogen (secondary N) is 1. The molecule has 0 aromatic heterocycles. The van der Waals surface area contributed by atoms with E-state index in [2.05, 4.69) is 5.32 Å². The monoisotopic (exact) mass is 329 g/mol. The fourth-order valence-corrected chi connectivity index (χ4v) is 2.40. The minimum Gasteiger partial charge on any atom is -0.493 e. The zero-order chi connectivity index (χ0) is 17.5. The van der Waals surface area contributed by atoms with Crippen LogP contribution in [0.15, 0.2) is 48.5 Å². The van der Waals surface area contributed by atoms with Gasteiger partial charge >= 0.3 is 5.97 Å². The third kappa shape index (κ3) is 4.06. The summed E-state index contributed by atoms with van der Waals surface area (Å²) in [6, 6.07) is 14.6. The summed E-state index contributed by atoms with van der Waals surface area (Å²) in [5, 5.41) is 3.14. The predicted molar refractivity (Wildman–Crippen MR) is 92.7 cm³/mol. The van der Waals surface area contributed by atoms with E-state index in [9.17, 15) is 4.79 Å². The lowest BCUT2D eigenvalue weighted by Gasteiger charge is -2.24. The van der Waals surface area contributed by atoms with Crippen LogP contribution in [-0.4, -0.2) is 33.3 Å². The van der Waals surface area contributed by atoms with Crippen molar-refractivity contribution in [2.75, 3.05) is 21.3 Å². The maximum Gasteiger partial charge on any atom is 0.338 e. The molecule has 0 aliphatic heterocycles. The maximum atomic E-state index is 12.6. The first kappa shape index (κ1) is 17.8. The number of benzene rings is 2. The van der Waals surface area contributed by atoms with Gasteiger partial charge in [-0.25, -0.2) is 4.79 Å². The Hall–Kier alpha value is -2.53. The van der Waals surface area contributed by atoms with Gasteiger partial charge in [0, 0.05) is 6.04 Å². The van der Waals surface area contributed by atoms with Gasteiger partial charge in [0.05, 0.1) is 19.8 Å². The van der Waals surface area contributed by atoms with Gasteiger partial charge in [0.15, 0.2) is 11.5 Å². The molecule has 2 atom stereocenters. The summed E-state index contributed by atoms with van der Waals surface area (Å²) in [6.07, 6.45) is -0.392. The summed E-state index contributed by atoms with van der Waals surface area (Å²) in [5.74, 6) is 0.647. The predicted octanol–water partition coefficient (Wildman–Crippen LogP) is 3.21. The number of esters is 1. The van der Waals surface area contributed by atoms with Crippen molar-refractivity contribution in [2.45, 2.75) is 19.1 Å². The van der Waals surface area contributed by atoms with Crippen LogP contribution in [-0.2, 0) is 4.74 Å². The highest BCUT2D eigenvalue weighted by atomic mass is 16.5. The van der Waals surface area contributed by atoms with E-state index >= 15 is 0 Å². The maximum absolute atomic E-state index is 12.6. The van der Waals surface area contributed by atoms with Crippen LogP contribution in [0, 0.1) is 0 Å². The highest BCUT2D eigenvalue weighted by Crippen LogP contribution is 2.29. The molecule has 2 aromatic rings. The van der Waals surface area contributed by atoms with Crippen LogP contribution in [0.1, 0.15) is 28.9 Å². The molecule has 0 saturated heterocycles. The zero-order valence-corrected chi connectivity index (χ0v) is 14.4. The zero-order valence-electron chi connectivity index (χ0n) is 14.4. The van der Waals surface area contributed by atoms with Gasteiger partial charge in [-0.15, -0.1) is 0 Å². The molecule has 0 fully saturated rings. The average molecular weight is 329 g/mol. The highest BCUT2D eigenvalue weighted by molar-refractivity contribution is 5.90. The molecule has 1 N–H and O–H groups in total. The third-order valence-corrected chi connectivity index (χ3v) is 3.89. The smallest absolute Gasteiger partial charge is 0.338 e. The van der Waals surface area contributed by atoms with Gasteiger partial charge in [0.25, 0.3) is 0 Å². The van der Waals surface area contributed by atoms with E-state index in [0.29, 0.717) is 17.1 Å². The molecule has 0 radical (unpaired) electrons. The number of rotatable bonds is 7. The molecule has 128 valence electrons. The molecule has 2 aromatic carbocycles. The number of ether oxygens (including phenoxy) is 3. The molecule has 2 rings (SSSR count). The van der Waals surface area contributed by atoms with E-state index in [1.807, 2.05) is 44.3 Å². The van der Waals surface area contributed by atoms with Crippen molar-refractivity contribution in [1.82, 2.24) is 5.32 Å². The van der Waals surface area contributed by atoms with Crippen LogP contribution in [0.4, 0.5) is 0 Å². The van der Waals surface area contributed by atoms with Gasteiger partial charge in [-0.2, -0.15) is 0 Å². The van der Waals surface area contributed by atoms with E-state index in [4.69, 9.17) is 14.2 Å². The summed E-state index contributed by atoms with van der Waals surface area (Å²) in [4.78, 5) is 12.6. The van der Waals surface area contributed by atoms with Crippen LogP contribution >= 0.6 is 0 Å². The first-order valence-corrected chi connectivity index (χ1v) is 7.76. The molecule has 0 aliphatic rings. The van der Waals surface area contributed by atoms with E-state index in [0.717, 1.165) is 5.56 Å². The van der Waals surface area contributed by atoms with Gasteiger partial charge in [0.1, 0.15) is 6.10 Å². The van der Waals surface area contributed by atoms with Crippen LogP contribution in [0.5, 0.6) is 11.5 Å². The van der Waals surface area contributed by atoms with Crippen LogP contribution in [0.2, 0.25) is 0 Å². The topological polar surface area (TPSA) is 56.8 Å². The molecule has 0 unspecified atom stereocenters. The standard InChI is InChI=1S/C19H23NO4/c1-13(20-2)18(14-8-6-5-7-9-14)24-19(21)15-10-11-16(22-3)17(12-15)23-4/h5-13,18,20H,1-4H3/t13-,18-/m1/s1. The number of methoxy groups -OCH3 is 2. The number of likely N-dealkylation sites (N-methyl/N-ethyl adjacent to an activating group) is 1. The Morgan fingerprint density at radius 2 is 1.67 bits per heavy atom. The van der Waals surface area contributed by atoms with E-state index in [1.165, 1.54) is 7.11 Å². The van der Waals surface area contributed by atoms with Gasteiger partial charge in [-0.05, 0) is 37.7 Å². The second kappa shape index (κ2) is 8.36. The van der Waals surface area contributed by atoms with Gasteiger partial charge in [0.2, 0.25) is 0 Å². The molecule has 0 heterocycles. The van der Waals surface area contributed by atoms with Crippen LogP contribution < -0.4 is 14.8 Å². The van der Waals surface area contributed by atoms with Crippen molar-refractivity contribution in [3.63, 3.8) is 0 Å². The van der Waals surface area contributed by atoms with Crippen molar-refractivity contribution in [3.8, 4) is 11.5 Å². The van der Waals surface area contributed by atoms with Crippen molar-refractivity contribution >= 4 is 5.97 Å². The second-order valence-corrected chi connectivity index (χ2v) is 5.38. The molecule has 0 spiro atoms. The van der Waals surface area contributed by atoms with E-state index in [1.54, 1.807) is 25.3 Å². The first-order valence-electron chi connectivity index (χ1n) is 7.76. The average Bonchev–Trinajstić information content (AvgIpc) is 2.65. The van der Waals surface area contributed by atoms with Gasteiger partial charge < -0.3 is 19.5 Å². The van der Waals surface area contributed by atoms with Gasteiger partial charge in [-0.1, -0.05) is 30.3 Å². The number of hydrogen-bond acceptors (Lipinski definition) is 5. The quantitative estimate of drug-likeness (QED) is 0.791. The molecule has 0 amide bonds. The Kier molecular flexibility index (Phi) is 6.21. The fourth-order valence-electron chi connectivity index (χ4n) is 2.40. The summed E-state index contributed by atoms with van der Waals surface area (Å²) in [7, 11) is 4.92. The van der Waals surface area contributed by atoms with Crippen LogP contribution in [0.25, 0.3) is 0 Å². The molecular formula is C19H23NO4. The molecule has 5 nitrogen and oxygen atoms in total. The van der Waals surface area contributed by atoms with Crippen molar-refractivity contribution < 1.29 is 19.0 Å². The minimum absolute atomic E-state index is 0.0310. The lowest BCUT2D eigenvalue weighted by molar-refractivity contribution is 0.0219. The Morgan fingerprint density at radius 3 is 2.25 bits per heavy atom. The number of hydrogen-bond donors (Lipinski definition) is 1. The Balaban J connectivity index is 2.25. The molecular weight excluding hydrogens is 306 g/mol. The summed E-state index contributed by atoms with van der Waals surface area (Å²) < 4.78 is 16.2. The number of carbonyl (C=O) groups excluding carboxylic acids is 1. The SMILES string of the molecule is CN[C@H](C)[C@@H](OC(=O)c1ccc(OC)c(OC)c1)c1ccccc1. The Morgan fingerprint density at radius 1 is 1.00 bits per heavy atom. The summed E-state index contributed by atoms with van der Waals surface area (Å²) in [5.41, 5.74) is 1.35. The largest absolute Gasteiger partial charge is 0.493 e. The molecule has 24 heavy (non-hydrogen) atoms. The lowest BCUT2D eigenvalue weighted by atomic mass is 10.0. The lowest BCUT2D eigenvalue weighted by Crippen LogP contribution is -2.32. The Labute approximate surface area is 142 Å². The summed E-state index contributed by atoms with van der Waals surface area (Å²) >= 11 is 0.